The first-order valence-corrected chi connectivity index (χ1v) is 6.55. The molecule has 1 heterocycles. The van der Waals surface area contributed by atoms with Gasteiger partial charge in [0.1, 0.15) is 10.7 Å². The maximum Gasteiger partial charge on any atom is 0.263 e. The Morgan fingerprint density at radius 3 is 2.79 bits per heavy atom. The molecule has 0 fully saturated rings. The van der Waals surface area contributed by atoms with E-state index >= 15 is 0 Å². The number of benzene rings is 1. The van der Waals surface area contributed by atoms with Gasteiger partial charge in [-0.3, -0.25) is 4.79 Å². The van der Waals surface area contributed by atoms with Gasteiger partial charge in [0.25, 0.3) is 5.91 Å². The van der Waals surface area contributed by atoms with Crippen LogP contribution in [0.5, 0.6) is 0 Å². The standard InChI is InChI=1S/C13H14FN3OS/c1-7-3-4-9(5-10(7)14)6-16-12(18)11-8(2)17-13(15)19-11/h3-5H,6H2,1-2H3,(H2,15,17)(H,16,18). The molecule has 0 unspecified atom stereocenters. The first kappa shape index (κ1) is 13.5. The zero-order valence-corrected chi connectivity index (χ0v) is 11.5. The molecule has 0 atom stereocenters. The fourth-order valence-electron chi connectivity index (χ4n) is 1.64. The van der Waals surface area contributed by atoms with Gasteiger partial charge in [0.15, 0.2) is 5.13 Å². The number of carbonyl (C=O) groups is 1. The molecule has 1 amide bonds. The molecule has 19 heavy (non-hydrogen) atoms. The molecule has 3 N–H and O–H groups in total. The second-order valence-corrected chi connectivity index (χ2v) is 5.26. The molecular formula is C13H14FN3OS. The molecule has 1 aromatic heterocycles. The van der Waals surface area contributed by atoms with Crippen LogP contribution in [0.25, 0.3) is 0 Å². The molecular weight excluding hydrogens is 265 g/mol. The number of halogens is 1. The molecule has 0 aliphatic rings. The summed E-state index contributed by atoms with van der Waals surface area (Å²) in [5.41, 5.74) is 7.44. The van der Waals surface area contributed by atoms with Crippen LogP contribution in [0.2, 0.25) is 0 Å². The number of aryl methyl sites for hydroxylation is 2. The van der Waals surface area contributed by atoms with Crippen molar-refractivity contribution in [2.45, 2.75) is 20.4 Å². The van der Waals surface area contributed by atoms with Gasteiger partial charge in [-0.2, -0.15) is 0 Å². The smallest absolute Gasteiger partial charge is 0.263 e. The zero-order chi connectivity index (χ0) is 14.0. The fourth-order valence-corrected chi connectivity index (χ4v) is 2.39. The molecule has 0 saturated carbocycles. The first-order chi connectivity index (χ1) is 8.97. The van der Waals surface area contributed by atoms with Gasteiger partial charge in [0.2, 0.25) is 0 Å². The highest BCUT2D eigenvalue weighted by atomic mass is 32.1. The van der Waals surface area contributed by atoms with Crippen molar-refractivity contribution in [1.29, 1.82) is 0 Å². The van der Waals surface area contributed by atoms with Crippen LogP contribution >= 0.6 is 11.3 Å². The van der Waals surface area contributed by atoms with Crippen molar-refractivity contribution in [2.75, 3.05) is 5.73 Å². The molecule has 2 rings (SSSR count). The minimum Gasteiger partial charge on any atom is -0.375 e. The Bertz CT molecular complexity index is 624. The average molecular weight is 279 g/mol. The summed E-state index contributed by atoms with van der Waals surface area (Å²) in [7, 11) is 0. The number of thiazole rings is 1. The van der Waals surface area contributed by atoms with Gasteiger partial charge in [-0.1, -0.05) is 23.5 Å². The van der Waals surface area contributed by atoms with Crippen LogP contribution in [0, 0.1) is 19.7 Å². The molecule has 0 aliphatic heterocycles. The predicted octanol–water partition coefficient (Wildman–Crippen LogP) is 2.41. The van der Waals surface area contributed by atoms with Crippen molar-refractivity contribution in [1.82, 2.24) is 10.3 Å². The molecule has 1 aromatic carbocycles. The molecule has 2 aromatic rings. The fraction of sp³-hybridized carbons (Fsp3) is 0.231. The van der Waals surface area contributed by atoms with E-state index in [0.717, 1.165) is 11.3 Å². The number of aromatic nitrogens is 1. The Hall–Kier alpha value is -1.95. The molecule has 100 valence electrons. The van der Waals surface area contributed by atoms with Crippen molar-refractivity contribution < 1.29 is 9.18 Å². The van der Waals surface area contributed by atoms with Crippen molar-refractivity contribution in [3.05, 3.63) is 45.7 Å². The average Bonchev–Trinajstić information content (AvgIpc) is 2.70. The highest BCUT2D eigenvalue weighted by Crippen LogP contribution is 2.19. The Morgan fingerprint density at radius 2 is 2.21 bits per heavy atom. The molecule has 0 bridgehead atoms. The Morgan fingerprint density at radius 1 is 1.47 bits per heavy atom. The van der Waals surface area contributed by atoms with Crippen molar-refractivity contribution in [3.63, 3.8) is 0 Å². The monoisotopic (exact) mass is 279 g/mol. The topological polar surface area (TPSA) is 68.0 Å². The summed E-state index contributed by atoms with van der Waals surface area (Å²) in [5, 5.41) is 3.09. The van der Waals surface area contributed by atoms with E-state index < -0.39 is 0 Å². The summed E-state index contributed by atoms with van der Waals surface area (Å²) >= 11 is 1.14. The van der Waals surface area contributed by atoms with Crippen LogP contribution in [-0.4, -0.2) is 10.9 Å². The van der Waals surface area contributed by atoms with E-state index in [1.54, 1.807) is 26.0 Å². The highest BCUT2D eigenvalue weighted by molar-refractivity contribution is 7.17. The summed E-state index contributed by atoms with van der Waals surface area (Å²) < 4.78 is 13.4. The number of rotatable bonds is 3. The van der Waals surface area contributed by atoms with E-state index in [9.17, 15) is 9.18 Å². The van der Waals surface area contributed by atoms with Gasteiger partial charge in [-0.15, -0.1) is 0 Å². The van der Waals surface area contributed by atoms with Crippen LogP contribution in [0.3, 0.4) is 0 Å². The number of hydrogen-bond donors (Lipinski definition) is 2. The molecule has 4 nitrogen and oxygen atoms in total. The van der Waals surface area contributed by atoms with Gasteiger partial charge in [-0.25, -0.2) is 9.37 Å². The summed E-state index contributed by atoms with van der Waals surface area (Å²) in [6.45, 7) is 3.70. The van der Waals surface area contributed by atoms with Crippen LogP contribution in [0.15, 0.2) is 18.2 Å². The Kier molecular flexibility index (Phi) is 3.80. The van der Waals surface area contributed by atoms with Gasteiger partial charge in [0.05, 0.1) is 5.69 Å². The van der Waals surface area contributed by atoms with Crippen LogP contribution in [0.4, 0.5) is 9.52 Å². The van der Waals surface area contributed by atoms with E-state index in [2.05, 4.69) is 10.3 Å². The highest BCUT2D eigenvalue weighted by Gasteiger charge is 2.13. The number of hydrogen-bond acceptors (Lipinski definition) is 4. The lowest BCUT2D eigenvalue weighted by atomic mass is 10.1. The predicted molar refractivity (Wildman–Crippen MR) is 73.6 cm³/mol. The molecule has 0 saturated heterocycles. The number of nitrogens with one attached hydrogen (secondary N) is 1. The SMILES string of the molecule is Cc1ccc(CNC(=O)c2sc(N)nc2C)cc1F. The molecule has 0 radical (unpaired) electrons. The third kappa shape index (κ3) is 3.08. The van der Waals surface area contributed by atoms with Crippen molar-refractivity contribution in [2.24, 2.45) is 0 Å². The lowest BCUT2D eigenvalue weighted by Gasteiger charge is -2.05. The number of amides is 1. The Balaban J connectivity index is 2.04. The minimum atomic E-state index is -0.273. The summed E-state index contributed by atoms with van der Waals surface area (Å²) in [6, 6.07) is 4.89. The van der Waals surface area contributed by atoms with E-state index in [4.69, 9.17) is 5.73 Å². The number of nitrogens with two attached hydrogens (primary N) is 1. The van der Waals surface area contributed by atoms with Crippen molar-refractivity contribution in [3.8, 4) is 0 Å². The number of nitrogens with zero attached hydrogens (tertiary/aromatic N) is 1. The van der Waals surface area contributed by atoms with Gasteiger partial charge in [-0.05, 0) is 31.0 Å². The van der Waals surface area contributed by atoms with Crippen LogP contribution in [-0.2, 0) is 6.54 Å². The third-order valence-electron chi connectivity index (χ3n) is 2.71. The van der Waals surface area contributed by atoms with E-state index in [1.807, 2.05) is 0 Å². The maximum absolute atomic E-state index is 13.4. The van der Waals surface area contributed by atoms with Gasteiger partial charge < -0.3 is 11.1 Å². The lowest BCUT2D eigenvalue weighted by molar-refractivity contribution is 0.0954. The van der Waals surface area contributed by atoms with Gasteiger partial charge >= 0.3 is 0 Å². The minimum absolute atomic E-state index is 0.243. The largest absolute Gasteiger partial charge is 0.375 e. The summed E-state index contributed by atoms with van der Waals surface area (Å²) in [4.78, 5) is 16.4. The van der Waals surface area contributed by atoms with E-state index in [0.29, 0.717) is 26.8 Å². The lowest BCUT2D eigenvalue weighted by Crippen LogP contribution is -2.22. The molecule has 0 aliphatic carbocycles. The summed E-state index contributed by atoms with van der Waals surface area (Å²) in [6.07, 6.45) is 0. The molecule has 6 heteroatoms. The quantitative estimate of drug-likeness (QED) is 0.906. The normalized spacial score (nSPS) is 10.5. The van der Waals surface area contributed by atoms with E-state index in [-0.39, 0.29) is 18.3 Å². The van der Waals surface area contributed by atoms with Gasteiger partial charge in [0, 0.05) is 6.54 Å². The number of anilines is 1. The van der Waals surface area contributed by atoms with E-state index in [1.165, 1.54) is 6.07 Å². The zero-order valence-electron chi connectivity index (χ0n) is 10.7. The van der Waals surface area contributed by atoms with Crippen molar-refractivity contribution >= 4 is 22.4 Å². The third-order valence-corrected chi connectivity index (χ3v) is 3.69. The van der Waals surface area contributed by atoms with Crippen LogP contribution < -0.4 is 11.1 Å². The first-order valence-electron chi connectivity index (χ1n) is 5.73. The van der Waals surface area contributed by atoms with Crippen LogP contribution in [0.1, 0.15) is 26.5 Å². The summed E-state index contributed by atoms with van der Waals surface area (Å²) in [5.74, 6) is -0.516. The Labute approximate surface area is 114 Å². The maximum atomic E-state index is 13.4. The second-order valence-electron chi connectivity index (χ2n) is 4.23. The molecule has 0 spiro atoms. The number of nitrogen functional groups attached to an aromatic ring is 1. The second kappa shape index (κ2) is 5.36. The number of carbonyl (C=O) groups excluding carboxylic acids is 1.